The molecule has 2 unspecified atom stereocenters. The Labute approximate surface area is 174 Å². The fraction of sp³-hybridized carbons (Fsp3) is 0.304. The number of aliphatic imine (C=N–C) groups is 1. The van der Waals surface area contributed by atoms with Crippen LogP contribution in [0.5, 0.6) is 5.75 Å². The van der Waals surface area contributed by atoms with Gasteiger partial charge in [-0.15, -0.1) is 0 Å². The van der Waals surface area contributed by atoms with E-state index >= 15 is 0 Å². The number of anilines is 1. The van der Waals surface area contributed by atoms with Crippen molar-refractivity contribution in [2.24, 2.45) is 16.8 Å². The molecule has 1 saturated heterocycles. The number of carbonyl (C=O) groups excluding carboxylic acids is 3. The quantitative estimate of drug-likeness (QED) is 0.837. The number of hydrogen-bond acceptors (Lipinski definition) is 4. The molecule has 7 nitrogen and oxygen atoms in total. The molecule has 2 atom stereocenters. The normalized spacial score (nSPS) is 24.7. The number of nitrogens with zero attached hydrogens (tertiary/aromatic N) is 2. The number of hydrogen-bond donors (Lipinski definition) is 1. The lowest BCUT2D eigenvalue weighted by atomic mass is 9.85. The number of carbonyl (C=O) groups is 3. The number of rotatable bonds is 3. The molecule has 1 fully saturated rings. The molecule has 1 N–H and O–H groups in total. The number of benzene rings is 1. The Balaban J connectivity index is 1.49. The van der Waals surface area contributed by atoms with Gasteiger partial charge in [-0.2, -0.15) is 0 Å². The molecule has 0 aromatic heterocycles. The van der Waals surface area contributed by atoms with Gasteiger partial charge >= 0.3 is 0 Å². The summed E-state index contributed by atoms with van der Waals surface area (Å²) >= 11 is 0. The molecular formula is C23H23N3O4. The summed E-state index contributed by atoms with van der Waals surface area (Å²) < 4.78 is 5.14. The molecule has 0 radical (unpaired) electrons. The van der Waals surface area contributed by atoms with Crippen LogP contribution in [-0.2, 0) is 14.4 Å². The van der Waals surface area contributed by atoms with Gasteiger partial charge in [-0.05, 0) is 50.3 Å². The van der Waals surface area contributed by atoms with Gasteiger partial charge in [-0.3, -0.25) is 14.4 Å². The first kappa shape index (κ1) is 19.8. The molecule has 3 amide bonds. The van der Waals surface area contributed by atoms with Crippen LogP contribution in [0.1, 0.15) is 20.3 Å². The third kappa shape index (κ3) is 3.58. The fourth-order valence-electron chi connectivity index (χ4n) is 3.90. The minimum absolute atomic E-state index is 0.00428. The fourth-order valence-corrected chi connectivity index (χ4v) is 3.90. The number of allylic oxidation sites excluding steroid dienone is 3. The molecule has 0 bridgehead atoms. The van der Waals surface area contributed by atoms with Crippen LogP contribution >= 0.6 is 0 Å². The van der Waals surface area contributed by atoms with E-state index in [2.05, 4.69) is 10.3 Å². The number of fused-ring (bicyclic) bond motifs is 1. The average Bonchev–Trinajstić information content (AvgIpc) is 3.14. The van der Waals surface area contributed by atoms with E-state index in [0.29, 0.717) is 23.6 Å². The van der Waals surface area contributed by atoms with Crippen molar-refractivity contribution in [1.29, 1.82) is 0 Å². The maximum Gasteiger partial charge on any atom is 0.251 e. The summed E-state index contributed by atoms with van der Waals surface area (Å²) in [4.78, 5) is 43.0. The summed E-state index contributed by atoms with van der Waals surface area (Å²) in [6.07, 6.45) is 5.58. The van der Waals surface area contributed by atoms with Crippen molar-refractivity contribution < 1.29 is 19.1 Å². The van der Waals surface area contributed by atoms with E-state index in [9.17, 15) is 14.4 Å². The summed E-state index contributed by atoms with van der Waals surface area (Å²) in [5, 5.41) is 2.86. The molecule has 2 aliphatic heterocycles. The van der Waals surface area contributed by atoms with E-state index < -0.39 is 5.92 Å². The SMILES string of the molecule is COc1ccc(N2CC(C(=O)N=C3C=CC4C(=C3)NC(=O)C(C)=C4C)CC2=O)cc1. The van der Waals surface area contributed by atoms with Crippen LogP contribution in [-0.4, -0.2) is 37.1 Å². The van der Waals surface area contributed by atoms with Gasteiger partial charge in [0.25, 0.3) is 11.8 Å². The van der Waals surface area contributed by atoms with Crippen molar-refractivity contribution in [2.45, 2.75) is 20.3 Å². The van der Waals surface area contributed by atoms with E-state index in [-0.39, 0.29) is 30.1 Å². The smallest absolute Gasteiger partial charge is 0.251 e. The number of ether oxygens (including phenoxy) is 1. The lowest BCUT2D eigenvalue weighted by Crippen LogP contribution is -2.35. The first-order valence-electron chi connectivity index (χ1n) is 9.83. The van der Waals surface area contributed by atoms with Crippen molar-refractivity contribution in [2.75, 3.05) is 18.6 Å². The molecular weight excluding hydrogens is 382 g/mol. The molecule has 1 aliphatic carbocycles. The van der Waals surface area contributed by atoms with Crippen LogP contribution in [0.15, 0.2) is 64.3 Å². The molecule has 1 aromatic rings. The zero-order valence-electron chi connectivity index (χ0n) is 17.1. The van der Waals surface area contributed by atoms with Crippen LogP contribution < -0.4 is 15.0 Å². The zero-order valence-corrected chi connectivity index (χ0v) is 17.1. The Bertz CT molecular complexity index is 1050. The first-order valence-corrected chi connectivity index (χ1v) is 9.83. The molecule has 154 valence electrons. The Morgan fingerprint density at radius 2 is 1.93 bits per heavy atom. The Kier molecular flexibility index (Phi) is 5.11. The molecule has 2 heterocycles. The van der Waals surface area contributed by atoms with Gasteiger partial charge in [-0.1, -0.05) is 11.6 Å². The maximum absolute atomic E-state index is 12.7. The predicted octanol–water partition coefficient (Wildman–Crippen LogP) is 2.55. The van der Waals surface area contributed by atoms with Crippen molar-refractivity contribution in [3.8, 4) is 5.75 Å². The summed E-state index contributed by atoms with van der Waals surface area (Å²) in [6.45, 7) is 4.03. The minimum Gasteiger partial charge on any atom is -0.497 e. The molecule has 0 spiro atoms. The zero-order chi connectivity index (χ0) is 21.4. The van der Waals surface area contributed by atoms with Crippen LogP contribution in [0.4, 0.5) is 5.69 Å². The Hall–Kier alpha value is -3.48. The van der Waals surface area contributed by atoms with Gasteiger partial charge in [0.2, 0.25) is 5.91 Å². The largest absolute Gasteiger partial charge is 0.497 e. The van der Waals surface area contributed by atoms with E-state index in [1.165, 1.54) is 0 Å². The van der Waals surface area contributed by atoms with Gasteiger partial charge in [0.1, 0.15) is 5.75 Å². The lowest BCUT2D eigenvalue weighted by molar-refractivity contribution is -0.123. The second-order valence-electron chi connectivity index (χ2n) is 7.68. The van der Waals surface area contributed by atoms with Crippen LogP contribution in [0, 0.1) is 11.8 Å². The van der Waals surface area contributed by atoms with Crippen molar-refractivity contribution in [1.82, 2.24) is 5.32 Å². The number of methoxy groups -OCH3 is 1. The van der Waals surface area contributed by atoms with Crippen LogP contribution in [0.25, 0.3) is 0 Å². The summed E-state index contributed by atoms with van der Waals surface area (Å²) in [6, 6.07) is 7.16. The lowest BCUT2D eigenvalue weighted by Gasteiger charge is -2.28. The highest BCUT2D eigenvalue weighted by atomic mass is 16.5. The Morgan fingerprint density at radius 3 is 2.63 bits per heavy atom. The van der Waals surface area contributed by atoms with Crippen molar-refractivity contribution >= 4 is 29.1 Å². The van der Waals surface area contributed by atoms with Gasteiger partial charge in [0, 0.05) is 35.8 Å². The second kappa shape index (κ2) is 7.74. The minimum atomic E-state index is -0.499. The van der Waals surface area contributed by atoms with Crippen molar-refractivity contribution in [3.05, 3.63) is 59.3 Å². The molecule has 30 heavy (non-hydrogen) atoms. The molecule has 7 heteroatoms. The standard InChI is InChI=1S/C23H23N3O4/c1-13-14(2)22(28)25-20-11-16(4-9-19(13)20)24-23(29)15-10-21(27)26(12-15)17-5-7-18(30-3)8-6-17/h4-9,11,15,19H,10,12H2,1-3H3,(H,25,28). The van der Waals surface area contributed by atoms with Gasteiger partial charge in [-0.25, -0.2) is 4.99 Å². The highest BCUT2D eigenvalue weighted by Crippen LogP contribution is 2.31. The van der Waals surface area contributed by atoms with E-state index in [0.717, 1.165) is 17.0 Å². The third-order valence-electron chi connectivity index (χ3n) is 5.85. The third-order valence-corrected chi connectivity index (χ3v) is 5.85. The molecule has 4 rings (SSSR count). The highest BCUT2D eigenvalue weighted by molar-refractivity contribution is 6.12. The monoisotopic (exact) mass is 405 g/mol. The van der Waals surface area contributed by atoms with E-state index in [1.54, 1.807) is 55.4 Å². The number of nitrogens with one attached hydrogen (secondary N) is 1. The molecule has 3 aliphatic rings. The Morgan fingerprint density at radius 1 is 1.20 bits per heavy atom. The number of amides is 3. The highest BCUT2D eigenvalue weighted by Gasteiger charge is 2.35. The topological polar surface area (TPSA) is 88.1 Å². The van der Waals surface area contributed by atoms with Gasteiger partial charge < -0.3 is 15.0 Å². The first-order chi connectivity index (χ1) is 14.4. The predicted molar refractivity (Wildman–Crippen MR) is 113 cm³/mol. The summed E-state index contributed by atoms with van der Waals surface area (Å²) in [7, 11) is 1.58. The molecule has 1 aromatic carbocycles. The summed E-state index contributed by atoms with van der Waals surface area (Å²) in [5.74, 6) is -0.369. The average molecular weight is 405 g/mol. The van der Waals surface area contributed by atoms with E-state index in [4.69, 9.17) is 4.74 Å². The van der Waals surface area contributed by atoms with Crippen molar-refractivity contribution in [3.63, 3.8) is 0 Å². The maximum atomic E-state index is 12.7. The van der Waals surface area contributed by atoms with Crippen LogP contribution in [0.3, 0.4) is 0 Å². The van der Waals surface area contributed by atoms with Gasteiger partial charge in [0.05, 0.1) is 18.7 Å². The summed E-state index contributed by atoms with van der Waals surface area (Å²) in [5.41, 5.74) is 3.63. The van der Waals surface area contributed by atoms with E-state index in [1.807, 2.05) is 13.0 Å². The van der Waals surface area contributed by atoms with Crippen LogP contribution in [0.2, 0.25) is 0 Å². The molecule has 0 saturated carbocycles. The second-order valence-corrected chi connectivity index (χ2v) is 7.68. The van der Waals surface area contributed by atoms with Gasteiger partial charge in [0.15, 0.2) is 0 Å².